The van der Waals surface area contributed by atoms with Crippen molar-refractivity contribution >= 4 is 27.1 Å². The lowest BCUT2D eigenvalue weighted by atomic mass is 10.1. The van der Waals surface area contributed by atoms with Gasteiger partial charge in [-0.25, -0.2) is 13.4 Å². The van der Waals surface area contributed by atoms with Gasteiger partial charge in [0.2, 0.25) is 15.9 Å². The third-order valence-electron chi connectivity index (χ3n) is 4.29. The van der Waals surface area contributed by atoms with Crippen molar-refractivity contribution in [3.05, 3.63) is 47.0 Å². The van der Waals surface area contributed by atoms with Gasteiger partial charge >= 0.3 is 0 Å². The SMILES string of the molecule is COc1cc(CC2CN(S(=O)(=O)C3=CC=CCC3=S)CCN2)ccn1. The molecule has 0 radical (unpaired) electrons. The number of methoxy groups -OCH3 is 1. The minimum Gasteiger partial charge on any atom is -0.481 e. The molecule has 1 aliphatic heterocycles. The second-order valence-electron chi connectivity index (χ2n) is 6.01. The van der Waals surface area contributed by atoms with Crippen LogP contribution in [-0.2, 0) is 16.4 Å². The second-order valence-corrected chi connectivity index (χ2v) is 8.41. The number of nitrogens with zero attached hydrogens (tertiary/aromatic N) is 2. The summed E-state index contributed by atoms with van der Waals surface area (Å²) in [5.74, 6) is 0.558. The number of piperazine rings is 1. The Hall–Kier alpha value is -1.61. The summed E-state index contributed by atoms with van der Waals surface area (Å²) >= 11 is 5.24. The number of rotatable bonds is 5. The van der Waals surface area contributed by atoms with Crippen molar-refractivity contribution in [3.63, 3.8) is 0 Å². The van der Waals surface area contributed by atoms with Crippen LogP contribution in [0.2, 0.25) is 0 Å². The van der Waals surface area contributed by atoms with E-state index in [0.717, 1.165) is 5.56 Å². The zero-order valence-electron chi connectivity index (χ0n) is 14.0. The lowest BCUT2D eigenvalue weighted by Gasteiger charge is -2.33. The summed E-state index contributed by atoms with van der Waals surface area (Å²) in [6.07, 6.45) is 8.14. The maximum atomic E-state index is 12.9. The maximum Gasteiger partial charge on any atom is 0.244 e. The standard InChI is InChI=1S/C17H21N3O3S2/c1-23-17-11-13(6-7-19-17)10-14-12-20(9-8-18-14)25(21,22)16-5-3-2-4-15(16)24/h2-3,5-7,11,14,18H,4,8-10,12H2,1H3. The first-order chi connectivity index (χ1) is 12.0. The molecule has 1 fully saturated rings. The quantitative estimate of drug-likeness (QED) is 0.781. The summed E-state index contributed by atoms with van der Waals surface area (Å²) in [7, 11) is -1.97. The third-order valence-corrected chi connectivity index (χ3v) is 6.75. The second kappa shape index (κ2) is 7.74. The minimum atomic E-state index is -3.55. The van der Waals surface area contributed by atoms with Gasteiger partial charge in [-0.15, -0.1) is 0 Å². The molecule has 1 aromatic rings. The minimum absolute atomic E-state index is 0.0314. The zero-order valence-corrected chi connectivity index (χ0v) is 15.6. The molecule has 0 spiro atoms. The smallest absolute Gasteiger partial charge is 0.244 e. The molecule has 1 aromatic heterocycles. The van der Waals surface area contributed by atoms with Gasteiger partial charge in [-0.3, -0.25) is 0 Å². The molecule has 2 heterocycles. The molecule has 3 rings (SSSR count). The Balaban J connectivity index is 1.73. The highest BCUT2D eigenvalue weighted by Crippen LogP contribution is 2.22. The molecule has 1 saturated heterocycles. The molecular formula is C17H21N3O3S2. The Labute approximate surface area is 153 Å². The number of thiocarbonyl (C=S) groups is 1. The van der Waals surface area contributed by atoms with Crippen LogP contribution in [0.3, 0.4) is 0 Å². The van der Waals surface area contributed by atoms with E-state index < -0.39 is 10.0 Å². The molecular weight excluding hydrogens is 358 g/mol. The number of hydrogen-bond acceptors (Lipinski definition) is 6. The Bertz CT molecular complexity index is 818. The monoisotopic (exact) mass is 379 g/mol. The highest BCUT2D eigenvalue weighted by Gasteiger charge is 2.33. The fraction of sp³-hybridized carbons (Fsp3) is 0.412. The molecule has 0 amide bonds. The molecule has 25 heavy (non-hydrogen) atoms. The topological polar surface area (TPSA) is 71.5 Å². The van der Waals surface area contributed by atoms with Crippen LogP contribution in [0.15, 0.2) is 41.5 Å². The predicted octanol–water partition coefficient (Wildman–Crippen LogP) is 1.45. The number of nitrogens with one attached hydrogen (secondary N) is 1. The molecule has 0 aromatic carbocycles. The highest BCUT2D eigenvalue weighted by atomic mass is 32.2. The highest BCUT2D eigenvalue weighted by molar-refractivity contribution is 7.96. The number of hydrogen-bond donors (Lipinski definition) is 1. The number of pyridine rings is 1. The van der Waals surface area contributed by atoms with E-state index in [0.29, 0.717) is 43.2 Å². The Morgan fingerprint density at radius 3 is 3.08 bits per heavy atom. The number of aromatic nitrogens is 1. The van der Waals surface area contributed by atoms with Gasteiger partial charge in [0.25, 0.3) is 0 Å². The Morgan fingerprint density at radius 2 is 2.32 bits per heavy atom. The van der Waals surface area contributed by atoms with Gasteiger partial charge in [-0.1, -0.05) is 24.4 Å². The van der Waals surface area contributed by atoms with Gasteiger partial charge in [0.1, 0.15) is 0 Å². The summed E-state index contributed by atoms with van der Waals surface area (Å²) in [5, 5.41) is 3.39. The van der Waals surface area contributed by atoms with Gasteiger partial charge in [0, 0.05) is 49.2 Å². The summed E-state index contributed by atoms with van der Waals surface area (Å²) < 4.78 is 32.5. The van der Waals surface area contributed by atoms with Crippen LogP contribution >= 0.6 is 12.2 Å². The average molecular weight is 380 g/mol. The van der Waals surface area contributed by atoms with E-state index in [-0.39, 0.29) is 10.9 Å². The van der Waals surface area contributed by atoms with Crippen LogP contribution in [0, 0.1) is 0 Å². The van der Waals surface area contributed by atoms with Crippen molar-refractivity contribution in [1.82, 2.24) is 14.6 Å². The fourth-order valence-electron chi connectivity index (χ4n) is 3.02. The largest absolute Gasteiger partial charge is 0.481 e. The van der Waals surface area contributed by atoms with E-state index in [1.165, 1.54) is 4.31 Å². The summed E-state index contributed by atoms with van der Waals surface area (Å²) in [6, 6.07) is 3.82. The van der Waals surface area contributed by atoms with Gasteiger partial charge in [0.05, 0.1) is 12.0 Å². The number of sulfonamides is 1. The van der Waals surface area contributed by atoms with Gasteiger partial charge in [-0.2, -0.15) is 4.31 Å². The molecule has 2 aliphatic rings. The first-order valence-electron chi connectivity index (χ1n) is 8.13. The van der Waals surface area contributed by atoms with Crippen molar-refractivity contribution in [2.24, 2.45) is 0 Å². The van der Waals surface area contributed by atoms with Gasteiger partial charge < -0.3 is 10.1 Å². The van der Waals surface area contributed by atoms with Crippen molar-refractivity contribution in [2.75, 3.05) is 26.7 Å². The molecule has 0 bridgehead atoms. The van der Waals surface area contributed by atoms with Crippen LogP contribution < -0.4 is 10.1 Å². The molecule has 1 aliphatic carbocycles. The predicted molar refractivity (Wildman–Crippen MR) is 101 cm³/mol. The lowest BCUT2D eigenvalue weighted by Crippen LogP contribution is -2.53. The van der Waals surface area contributed by atoms with E-state index in [4.69, 9.17) is 17.0 Å². The van der Waals surface area contributed by atoms with Crippen LogP contribution in [-0.4, -0.2) is 55.4 Å². The average Bonchev–Trinajstić information content (AvgIpc) is 2.62. The molecule has 8 heteroatoms. The van der Waals surface area contributed by atoms with Crippen molar-refractivity contribution in [3.8, 4) is 5.88 Å². The first-order valence-corrected chi connectivity index (χ1v) is 9.98. The van der Waals surface area contributed by atoms with E-state index in [1.807, 2.05) is 18.2 Å². The zero-order chi connectivity index (χ0) is 17.9. The van der Waals surface area contributed by atoms with Crippen molar-refractivity contribution in [1.29, 1.82) is 0 Å². The molecule has 134 valence electrons. The number of ether oxygens (including phenoxy) is 1. The van der Waals surface area contributed by atoms with Crippen molar-refractivity contribution in [2.45, 2.75) is 18.9 Å². The van der Waals surface area contributed by atoms with Crippen LogP contribution in [0.25, 0.3) is 0 Å². The van der Waals surface area contributed by atoms with Crippen molar-refractivity contribution < 1.29 is 13.2 Å². The summed E-state index contributed by atoms with van der Waals surface area (Å²) in [4.78, 5) is 4.84. The maximum absolute atomic E-state index is 12.9. The molecule has 1 unspecified atom stereocenters. The van der Waals surface area contributed by atoms with Gasteiger partial charge in [0.15, 0.2) is 0 Å². The summed E-state index contributed by atoms with van der Waals surface area (Å²) in [6.45, 7) is 1.47. The van der Waals surface area contributed by atoms with E-state index >= 15 is 0 Å². The van der Waals surface area contributed by atoms with Crippen LogP contribution in [0.1, 0.15) is 12.0 Å². The lowest BCUT2D eigenvalue weighted by molar-refractivity contribution is 0.299. The molecule has 1 N–H and O–H groups in total. The Kier molecular flexibility index (Phi) is 5.63. The molecule has 1 atom stereocenters. The number of allylic oxidation sites excluding steroid dienone is 4. The van der Waals surface area contributed by atoms with E-state index in [9.17, 15) is 8.42 Å². The third kappa shape index (κ3) is 4.14. The fourth-order valence-corrected chi connectivity index (χ4v) is 5.10. The molecule has 0 saturated carbocycles. The summed E-state index contributed by atoms with van der Waals surface area (Å²) in [5.41, 5.74) is 1.05. The molecule has 6 nitrogen and oxygen atoms in total. The normalized spacial score (nSPS) is 21.9. The van der Waals surface area contributed by atoms with E-state index in [2.05, 4.69) is 10.3 Å². The van der Waals surface area contributed by atoms with Crippen LogP contribution in [0.4, 0.5) is 0 Å². The Morgan fingerprint density at radius 1 is 1.48 bits per heavy atom. The first kappa shape index (κ1) is 18.2. The van der Waals surface area contributed by atoms with Gasteiger partial charge in [-0.05, 0) is 24.1 Å². The van der Waals surface area contributed by atoms with E-state index in [1.54, 1.807) is 25.5 Å². The van der Waals surface area contributed by atoms with Crippen LogP contribution in [0.5, 0.6) is 5.88 Å².